The number of fused-ring (bicyclic) bond motifs is 1. The van der Waals surface area contributed by atoms with E-state index in [-0.39, 0.29) is 0 Å². The zero-order valence-corrected chi connectivity index (χ0v) is 12.0. The number of hydrogen-bond acceptors (Lipinski definition) is 3. The van der Waals surface area contributed by atoms with Crippen molar-refractivity contribution in [3.8, 4) is 0 Å². The molecule has 2 aromatic rings. The highest BCUT2D eigenvalue weighted by Gasteiger charge is 2.43. The summed E-state index contributed by atoms with van der Waals surface area (Å²) in [6.45, 7) is 5.68. The van der Waals surface area contributed by atoms with Crippen molar-refractivity contribution in [1.29, 1.82) is 0 Å². The van der Waals surface area contributed by atoms with Gasteiger partial charge in [-0.05, 0) is 49.9 Å². The highest BCUT2D eigenvalue weighted by Crippen LogP contribution is 2.41. The molecule has 0 spiro atoms. The first kappa shape index (κ1) is 12.2. The summed E-state index contributed by atoms with van der Waals surface area (Å²) >= 11 is 0. The fraction of sp³-hybridized carbons (Fsp3) is 0.471. The van der Waals surface area contributed by atoms with Crippen molar-refractivity contribution >= 4 is 16.6 Å². The molecule has 0 amide bonds. The second kappa shape index (κ2) is 4.45. The molecule has 1 N–H and O–H groups in total. The molecule has 1 saturated heterocycles. The van der Waals surface area contributed by atoms with Gasteiger partial charge in [0, 0.05) is 42.4 Å². The molecule has 3 heteroatoms. The molecule has 104 valence electrons. The number of piperazine rings is 1. The van der Waals surface area contributed by atoms with Crippen LogP contribution in [0.5, 0.6) is 0 Å². The summed E-state index contributed by atoms with van der Waals surface area (Å²) in [5.74, 6) is 0.868. The average molecular weight is 267 g/mol. The van der Waals surface area contributed by atoms with E-state index in [2.05, 4.69) is 46.4 Å². The van der Waals surface area contributed by atoms with Crippen LogP contribution >= 0.6 is 0 Å². The maximum absolute atomic E-state index is 4.40. The van der Waals surface area contributed by atoms with E-state index in [1.54, 1.807) is 0 Å². The highest BCUT2D eigenvalue weighted by molar-refractivity contribution is 5.82. The van der Waals surface area contributed by atoms with Gasteiger partial charge in [-0.1, -0.05) is 6.07 Å². The number of aromatic nitrogens is 1. The van der Waals surface area contributed by atoms with Crippen LogP contribution in [-0.4, -0.2) is 30.2 Å². The second-order valence-corrected chi connectivity index (χ2v) is 6.42. The zero-order chi connectivity index (χ0) is 13.6. The van der Waals surface area contributed by atoms with E-state index in [9.17, 15) is 0 Å². The molecule has 1 aliphatic carbocycles. The molecule has 4 rings (SSSR count). The molecule has 2 aliphatic rings. The van der Waals surface area contributed by atoms with Gasteiger partial charge in [0.05, 0.1) is 5.52 Å². The predicted octanol–water partition coefficient (Wildman–Crippen LogP) is 2.81. The lowest BCUT2D eigenvalue weighted by atomic mass is 9.92. The van der Waals surface area contributed by atoms with Crippen molar-refractivity contribution < 1.29 is 0 Å². The summed E-state index contributed by atoms with van der Waals surface area (Å²) in [7, 11) is 0. The predicted molar refractivity (Wildman–Crippen MR) is 83.1 cm³/mol. The Labute approximate surface area is 120 Å². The molecule has 2 heterocycles. The van der Waals surface area contributed by atoms with E-state index in [1.165, 1.54) is 23.9 Å². The zero-order valence-electron chi connectivity index (χ0n) is 12.0. The fourth-order valence-electron chi connectivity index (χ4n) is 3.48. The Kier molecular flexibility index (Phi) is 2.71. The first-order valence-corrected chi connectivity index (χ1v) is 7.59. The van der Waals surface area contributed by atoms with Crippen LogP contribution in [-0.2, 0) is 0 Å². The van der Waals surface area contributed by atoms with E-state index in [0.717, 1.165) is 31.1 Å². The van der Waals surface area contributed by atoms with E-state index in [1.807, 2.05) is 12.3 Å². The first-order chi connectivity index (χ1) is 9.74. The van der Waals surface area contributed by atoms with Crippen LogP contribution in [0, 0.1) is 5.92 Å². The van der Waals surface area contributed by atoms with E-state index in [0.29, 0.717) is 5.54 Å². The molecule has 1 saturated carbocycles. The summed E-state index contributed by atoms with van der Waals surface area (Å²) in [4.78, 5) is 6.93. The van der Waals surface area contributed by atoms with Crippen molar-refractivity contribution in [3.63, 3.8) is 0 Å². The number of nitrogens with one attached hydrogen (secondary N) is 1. The van der Waals surface area contributed by atoms with Gasteiger partial charge in [-0.3, -0.25) is 4.98 Å². The molecule has 1 atom stereocenters. The Morgan fingerprint density at radius 3 is 3.05 bits per heavy atom. The molecule has 1 unspecified atom stereocenters. The van der Waals surface area contributed by atoms with Crippen LogP contribution in [0.1, 0.15) is 19.8 Å². The molecular weight excluding hydrogens is 246 g/mol. The lowest BCUT2D eigenvalue weighted by molar-refractivity contribution is 0.285. The third-order valence-electron chi connectivity index (χ3n) is 4.86. The molecule has 0 bridgehead atoms. The van der Waals surface area contributed by atoms with Gasteiger partial charge in [0.25, 0.3) is 0 Å². The smallest absolute Gasteiger partial charge is 0.0703 e. The Hall–Kier alpha value is -1.61. The average Bonchev–Trinajstić information content (AvgIpc) is 3.32. The lowest BCUT2D eigenvalue weighted by Gasteiger charge is -2.43. The van der Waals surface area contributed by atoms with E-state index in [4.69, 9.17) is 0 Å². The van der Waals surface area contributed by atoms with Gasteiger partial charge in [-0.15, -0.1) is 0 Å². The van der Waals surface area contributed by atoms with Gasteiger partial charge in [-0.25, -0.2) is 0 Å². The maximum Gasteiger partial charge on any atom is 0.0703 e. The molecule has 2 fully saturated rings. The quantitative estimate of drug-likeness (QED) is 0.907. The summed E-state index contributed by atoms with van der Waals surface area (Å²) in [5.41, 5.74) is 2.71. The number of anilines is 1. The topological polar surface area (TPSA) is 28.2 Å². The Morgan fingerprint density at radius 1 is 1.30 bits per heavy atom. The standard InChI is InChI=1S/C17H21N3/c1-17(14-4-5-14)12-20(10-9-19-17)15-6-7-16-13(11-15)3-2-8-18-16/h2-3,6-8,11,14,19H,4-5,9-10,12H2,1H3. The minimum Gasteiger partial charge on any atom is -0.368 e. The van der Waals surface area contributed by atoms with Gasteiger partial charge < -0.3 is 10.2 Å². The first-order valence-electron chi connectivity index (χ1n) is 7.59. The van der Waals surface area contributed by atoms with Crippen LogP contribution in [0.15, 0.2) is 36.5 Å². The molecule has 1 aromatic heterocycles. The molecule has 0 radical (unpaired) electrons. The summed E-state index contributed by atoms with van der Waals surface area (Å²) < 4.78 is 0. The van der Waals surface area contributed by atoms with Crippen molar-refractivity contribution in [3.05, 3.63) is 36.5 Å². The molecule has 20 heavy (non-hydrogen) atoms. The van der Waals surface area contributed by atoms with Gasteiger partial charge in [-0.2, -0.15) is 0 Å². The number of nitrogens with zero attached hydrogens (tertiary/aromatic N) is 2. The Balaban J connectivity index is 1.64. The minimum atomic E-state index is 0.294. The molecule has 1 aromatic carbocycles. The van der Waals surface area contributed by atoms with Crippen molar-refractivity contribution in [1.82, 2.24) is 10.3 Å². The third-order valence-corrected chi connectivity index (χ3v) is 4.86. The van der Waals surface area contributed by atoms with Gasteiger partial charge >= 0.3 is 0 Å². The summed E-state index contributed by atoms with van der Waals surface area (Å²) in [6, 6.07) is 10.8. The molecule has 1 aliphatic heterocycles. The van der Waals surface area contributed by atoms with Gasteiger partial charge in [0.2, 0.25) is 0 Å². The largest absolute Gasteiger partial charge is 0.368 e. The molecular formula is C17H21N3. The second-order valence-electron chi connectivity index (χ2n) is 6.42. The van der Waals surface area contributed by atoms with Crippen LogP contribution < -0.4 is 10.2 Å². The third kappa shape index (κ3) is 2.06. The number of benzene rings is 1. The number of rotatable bonds is 2. The van der Waals surface area contributed by atoms with Crippen LogP contribution in [0.3, 0.4) is 0 Å². The molecule has 3 nitrogen and oxygen atoms in total. The van der Waals surface area contributed by atoms with Crippen LogP contribution in [0.25, 0.3) is 10.9 Å². The fourth-order valence-corrected chi connectivity index (χ4v) is 3.48. The lowest BCUT2D eigenvalue weighted by Crippen LogP contribution is -2.60. The minimum absolute atomic E-state index is 0.294. The summed E-state index contributed by atoms with van der Waals surface area (Å²) in [6.07, 6.45) is 4.63. The van der Waals surface area contributed by atoms with E-state index < -0.39 is 0 Å². The summed E-state index contributed by atoms with van der Waals surface area (Å²) in [5, 5.41) is 4.97. The number of hydrogen-bond donors (Lipinski definition) is 1. The Morgan fingerprint density at radius 2 is 2.20 bits per heavy atom. The van der Waals surface area contributed by atoms with Crippen LogP contribution in [0.4, 0.5) is 5.69 Å². The monoisotopic (exact) mass is 267 g/mol. The SMILES string of the molecule is CC1(C2CC2)CN(c2ccc3ncccc3c2)CCN1. The van der Waals surface area contributed by atoms with Gasteiger partial charge in [0.1, 0.15) is 0 Å². The maximum atomic E-state index is 4.40. The van der Waals surface area contributed by atoms with Crippen molar-refractivity contribution in [2.24, 2.45) is 5.92 Å². The highest BCUT2D eigenvalue weighted by atomic mass is 15.2. The van der Waals surface area contributed by atoms with Gasteiger partial charge in [0.15, 0.2) is 0 Å². The van der Waals surface area contributed by atoms with Crippen molar-refractivity contribution in [2.75, 3.05) is 24.5 Å². The Bertz CT molecular complexity index is 635. The van der Waals surface area contributed by atoms with E-state index >= 15 is 0 Å². The van der Waals surface area contributed by atoms with Crippen LogP contribution in [0.2, 0.25) is 0 Å². The number of pyridine rings is 1. The van der Waals surface area contributed by atoms with Crippen molar-refractivity contribution in [2.45, 2.75) is 25.3 Å². The normalized spacial score (nSPS) is 26.9.